The summed E-state index contributed by atoms with van der Waals surface area (Å²) in [6.07, 6.45) is 0.337. The molecule has 1 fully saturated rings. The fourth-order valence-electron chi connectivity index (χ4n) is 1.00. The molecule has 0 aromatic heterocycles. The summed E-state index contributed by atoms with van der Waals surface area (Å²) in [4.78, 5) is 0. The number of halogens is 2. The Hall–Kier alpha value is 0.140. The molecule has 1 nitrogen and oxygen atoms in total. The van der Waals surface area contributed by atoms with Gasteiger partial charge < -0.3 is 4.74 Å². The van der Waals surface area contributed by atoms with E-state index in [2.05, 4.69) is 44.0 Å². The maximum absolute atomic E-state index is 5.16. The summed E-state index contributed by atoms with van der Waals surface area (Å²) in [6, 6.07) is 6.19. The predicted molar refractivity (Wildman–Crippen MR) is 50.5 cm³/mol. The van der Waals surface area contributed by atoms with Crippen LogP contribution in [-0.2, 0) is 4.74 Å². The Bertz CT molecular complexity index is 261. The van der Waals surface area contributed by atoms with Crippen LogP contribution in [0.15, 0.2) is 27.1 Å². The van der Waals surface area contributed by atoms with Crippen molar-refractivity contribution < 1.29 is 4.74 Å². The average Bonchev–Trinajstić information content (AvgIpc) is 2.64. The molecule has 1 aromatic carbocycles. The molecule has 1 saturated heterocycles. The van der Waals surface area contributed by atoms with E-state index < -0.39 is 0 Å². The van der Waals surface area contributed by atoms with Crippen molar-refractivity contribution >= 4 is 31.9 Å². The van der Waals surface area contributed by atoms with Crippen molar-refractivity contribution in [3.63, 3.8) is 0 Å². The lowest BCUT2D eigenvalue weighted by molar-refractivity contribution is 0.415. The highest BCUT2D eigenvalue weighted by atomic mass is 79.9. The van der Waals surface area contributed by atoms with Gasteiger partial charge in [-0.25, -0.2) is 0 Å². The monoisotopic (exact) mass is 276 g/mol. The van der Waals surface area contributed by atoms with E-state index in [1.165, 1.54) is 5.56 Å². The summed E-state index contributed by atoms with van der Waals surface area (Å²) >= 11 is 6.85. The molecule has 11 heavy (non-hydrogen) atoms. The van der Waals surface area contributed by atoms with E-state index in [4.69, 9.17) is 4.74 Å². The molecule has 0 amide bonds. The number of rotatable bonds is 1. The minimum absolute atomic E-state index is 0.337. The Morgan fingerprint density at radius 1 is 1.18 bits per heavy atom. The first-order chi connectivity index (χ1) is 5.25. The number of ether oxygens (including phenoxy) is 1. The van der Waals surface area contributed by atoms with Crippen molar-refractivity contribution in [2.75, 3.05) is 6.61 Å². The lowest BCUT2D eigenvalue weighted by atomic mass is 10.2. The third-order valence-corrected chi connectivity index (χ3v) is 2.51. The Labute approximate surface area is 82.0 Å². The van der Waals surface area contributed by atoms with Gasteiger partial charge in [-0.05, 0) is 23.8 Å². The molecule has 0 bridgehead atoms. The molecular weight excluding hydrogens is 272 g/mol. The van der Waals surface area contributed by atoms with Crippen molar-refractivity contribution in [2.45, 2.75) is 6.10 Å². The van der Waals surface area contributed by atoms with Gasteiger partial charge in [-0.3, -0.25) is 0 Å². The average molecular weight is 278 g/mol. The molecule has 1 aliphatic rings. The highest BCUT2D eigenvalue weighted by Crippen LogP contribution is 2.33. The molecule has 1 aliphatic heterocycles. The van der Waals surface area contributed by atoms with Crippen LogP contribution in [-0.4, -0.2) is 6.61 Å². The molecule has 1 aromatic rings. The van der Waals surface area contributed by atoms with E-state index in [0.29, 0.717) is 6.10 Å². The second kappa shape index (κ2) is 2.88. The van der Waals surface area contributed by atoms with Gasteiger partial charge in [0, 0.05) is 8.95 Å². The van der Waals surface area contributed by atoms with Crippen molar-refractivity contribution in [1.29, 1.82) is 0 Å². The predicted octanol–water partition coefficient (Wildman–Crippen LogP) is 3.28. The Morgan fingerprint density at radius 3 is 2.18 bits per heavy atom. The van der Waals surface area contributed by atoms with Gasteiger partial charge in [-0.15, -0.1) is 0 Å². The molecule has 2 rings (SSSR count). The molecule has 1 atom stereocenters. The van der Waals surface area contributed by atoms with E-state index in [1.807, 2.05) is 6.07 Å². The smallest absolute Gasteiger partial charge is 0.106 e. The first-order valence-corrected chi connectivity index (χ1v) is 4.92. The van der Waals surface area contributed by atoms with E-state index in [0.717, 1.165) is 15.6 Å². The van der Waals surface area contributed by atoms with Crippen LogP contribution in [0.25, 0.3) is 0 Å². The Morgan fingerprint density at radius 2 is 1.73 bits per heavy atom. The minimum Gasteiger partial charge on any atom is -0.368 e. The maximum atomic E-state index is 5.16. The van der Waals surface area contributed by atoms with Crippen molar-refractivity contribution in [3.05, 3.63) is 32.7 Å². The summed E-state index contributed by atoms with van der Waals surface area (Å²) in [7, 11) is 0. The van der Waals surface area contributed by atoms with Gasteiger partial charge >= 0.3 is 0 Å². The second-order valence-electron chi connectivity index (χ2n) is 2.52. The van der Waals surface area contributed by atoms with E-state index in [1.54, 1.807) is 0 Å². The Balaban J connectivity index is 2.39. The minimum atomic E-state index is 0.337. The zero-order chi connectivity index (χ0) is 7.84. The summed E-state index contributed by atoms with van der Waals surface area (Å²) in [5.41, 5.74) is 1.24. The highest BCUT2D eigenvalue weighted by molar-refractivity contribution is 9.11. The molecule has 0 N–H and O–H groups in total. The van der Waals surface area contributed by atoms with Crippen LogP contribution >= 0.6 is 31.9 Å². The van der Waals surface area contributed by atoms with Gasteiger partial charge in [0.15, 0.2) is 0 Å². The van der Waals surface area contributed by atoms with Crippen LogP contribution in [0.4, 0.5) is 0 Å². The van der Waals surface area contributed by atoms with E-state index in [9.17, 15) is 0 Å². The normalized spacial score (nSPS) is 21.8. The quantitative estimate of drug-likeness (QED) is 0.718. The van der Waals surface area contributed by atoms with Gasteiger partial charge in [0.1, 0.15) is 6.10 Å². The fraction of sp³-hybridized carbons (Fsp3) is 0.250. The molecule has 0 spiro atoms. The molecule has 1 heterocycles. The van der Waals surface area contributed by atoms with Crippen molar-refractivity contribution in [1.82, 2.24) is 0 Å². The molecular formula is C8H6Br2O. The van der Waals surface area contributed by atoms with Gasteiger partial charge in [0.25, 0.3) is 0 Å². The van der Waals surface area contributed by atoms with Gasteiger partial charge in [0.05, 0.1) is 6.61 Å². The van der Waals surface area contributed by atoms with Crippen molar-refractivity contribution in [2.24, 2.45) is 0 Å². The van der Waals surface area contributed by atoms with Gasteiger partial charge in [0.2, 0.25) is 0 Å². The lowest BCUT2D eigenvalue weighted by Gasteiger charge is -1.97. The SMILES string of the molecule is Brc1cc(Br)cc(C2CO2)c1. The highest BCUT2D eigenvalue weighted by Gasteiger charge is 2.24. The van der Waals surface area contributed by atoms with E-state index >= 15 is 0 Å². The van der Waals surface area contributed by atoms with Gasteiger partial charge in [-0.1, -0.05) is 31.9 Å². The summed E-state index contributed by atoms with van der Waals surface area (Å²) in [5, 5.41) is 0. The van der Waals surface area contributed by atoms with Crippen LogP contribution in [0.1, 0.15) is 11.7 Å². The molecule has 1 unspecified atom stereocenters. The second-order valence-corrected chi connectivity index (χ2v) is 4.36. The molecule has 0 aliphatic carbocycles. The van der Waals surface area contributed by atoms with Crippen LogP contribution in [0, 0.1) is 0 Å². The third-order valence-electron chi connectivity index (χ3n) is 1.59. The lowest BCUT2D eigenvalue weighted by Crippen LogP contribution is -1.80. The maximum Gasteiger partial charge on any atom is 0.106 e. The zero-order valence-corrected chi connectivity index (χ0v) is 8.85. The summed E-state index contributed by atoms with van der Waals surface area (Å²) in [5.74, 6) is 0. The number of hydrogen-bond donors (Lipinski definition) is 0. The van der Waals surface area contributed by atoms with Crippen LogP contribution in [0.5, 0.6) is 0 Å². The first kappa shape index (κ1) is 7.77. The number of benzene rings is 1. The summed E-state index contributed by atoms with van der Waals surface area (Å²) < 4.78 is 7.35. The molecule has 58 valence electrons. The fourth-order valence-corrected chi connectivity index (χ4v) is 2.33. The molecule has 0 saturated carbocycles. The van der Waals surface area contributed by atoms with Crippen LogP contribution in [0.2, 0.25) is 0 Å². The van der Waals surface area contributed by atoms with Crippen LogP contribution < -0.4 is 0 Å². The standard InChI is InChI=1S/C8H6Br2O/c9-6-1-5(8-4-11-8)2-7(10)3-6/h1-3,8H,4H2. The topological polar surface area (TPSA) is 12.5 Å². The third kappa shape index (κ3) is 1.83. The van der Waals surface area contributed by atoms with Crippen LogP contribution in [0.3, 0.4) is 0 Å². The molecule has 3 heteroatoms. The Kier molecular flexibility index (Phi) is 2.04. The summed E-state index contributed by atoms with van der Waals surface area (Å²) in [6.45, 7) is 0.864. The zero-order valence-electron chi connectivity index (χ0n) is 5.68. The number of hydrogen-bond acceptors (Lipinski definition) is 1. The van der Waals surface area contributed by atoms with E-state index in [-0.39, 0.29) is 0 Å². The first-order valence-electron chi connectivity index (χ1n) is 3.33. The number of epoxide rings is 1. The van der Waals surface area contributed by atoms with Crippen molar-refractivity contribution in [3.8, 4) is 0 Å². The van der Waals surface area contributed by atoms with Gasteiger partial charge in [-0.2, -0.15) is 0 Å². The molecule has 0 radical (unpaired) electrons. The largest absolute Gasteiger partial charge is 0.368 e.